The van der Waals surface area contributed by atoms with E-state index in [0.29, 0.717) is 32.0 Å². The van der Waals surface area contributed by atoms with Crippen LogP contribution in [0.15, 0.2) is 24.4 Å². The normalized spacial score (nSPS) is 15.3. The molecular weight excluding hydrogens is 301 g/mol. The number of allylic oxidation sites excluding steroid dienone is 1. The molecule has 0 spiro atoms. The number of nitrogens with zero attached hydrogens (tertiary/aromatic N) is 5. The highest BCUT2D eigenvalue weighted by atomic mass is 19.1. The van der Waals surface area contributed by atoms with Gasteiger partial charge in [-0.15, -0.1) is 10.2 Å². The first-order chi connectivity index (χ1) is 11.3. The molecular formula is C14H14FN7O. The summed E-state index contributed by atoms with van der Waals surface area (Å²) in [6.07, 6.45) is 1.37. The molecule has 0 unspecified atom stereocenters. The Balaban J connectivity index is 1.89. The Hall–Kier alpha value is -2.99. The molecule has 8 nitrogen and oxygen atoms in total. The third kappa shape index (κ3) is 3.27. The van der Waals surface area contributed by atoms with Crippen molar-refractivity contribution in [1.82, 2.24) is 20.6 Å². The number of H-pyrrole nitrogens is 1. The number of anilines is 2. The summed E-state index contributed by atoms with van der Waals surface area (Å²) in [6, 6.07) is 6.79. The minimum atomic E-state index is -0.407. The van der Waals surface area contributed by atoms with E-state index in [4.69, 9.17) is 10.00 Å². The fourth-order valence-corrected chi connectivity index (χ4v) is 2.29. The van der Waals surface area contributed by atoms with Crippen LogP contribution in [0.3, 0.4) is 0 Å². The second-order valence-electron chi connectivity index (χ2n) is 4.78. The molecule has 2 aromatic rings. The topological polar surface area (TPSA) is 103 Å². The molecule has 0 aliphatic carbocycles. The van der Waals surface area contributed by atoms with Crippen molar-refractivity contribution in [2.75, 3.05) is 36.5 Å². The highest BCUT2D eigenvalue weighted by molar-refractivity contribution is 5.78. The Morgan fingerprint density at radius 1 is 1.43 bits per heavy atom. The third-order valence-electron chi connectivity index (χ3n) is 3.41. The van der Waals surface area contributed by atoms with E-state index in [-0.39, 0.29) is 11.4 Å². The van der Waals surface area contributed by atoms with Crippen LogP contribution in [0.25, 0.3) is 5.57 Å². The molecule has 118 valence electrons. The van der Waals surface area contributed by atoms with Crippen LogP contribution in [0.5, 0.6) is 0 Å². The van der Waals surface area contributed by atoms with Gasteiger partial charge in [0.25, 0.3) is 0 Å². The van der Waals surface area contributed by atoms with Crippen molar-refractivity contribution in [2.24, 2.45) is 0 Å². The quantitative estimate of drug-likeness (QED) is 0.816. The maximum Gasteiger partial charge on any atom is 0.216 e. The Kier molecular flexibility index (Phi) is 4.44. The number of morpholine rings is 1. The van der Waals surface area contributed by atoms with Gasteiger partial charge in [0.05, 0.1) is 24.6 Å². The van der Waals surface area contributed by atoms with E-state index in [9.17, 15) is 4.39 Å². The van der Waals surface area contributed by atoms with Gasteiger partial charge in [0.1, 0.15) is 17.5 Å². The molecule has 1 aromatic carbocycles. The maximum atomic E-state index is 14.2. The van der Waals surface area contributed by atoms with Crippen molar-refractivity contribution >= 4 is 16.9 Å². The summed E-state index contributed by atoms with van der Waals surface area (Å²) < 4.78 is 19.5. The maximum absolute atomic E-state index is 14.2. The predicted molar refractivity (Wildman–Crippen MR) is 80.8 cm³/mol. The van der Waals surface area contributed by atoms with Crippen molar-refractivity contribution < 1.29 is 9.13 Å². The van der Waals surface area contributed by atoms with E-state index in [1.54, 1.807) is 6.07 Å². The Bertz CT molecular complexity index is 732. The van der Waals surface area contributed by atoms with Gasteiger partial charge < -0.3 is 15.0 Å². The smallest absolute Gasteiger partial charge is 0.216 e. The SMILES string of the molecule is N#CC(=CNc1c(F)cccc1N1CCOCC1)c1nn[nH]n1. The number of nitriles is 1. The highest BCUT2D eigenvalue weighted by Gasteiger charge is 2.17. The standard InChI is InChI=1S/C14H14FN7O/c15-11-2-1-3-12(22-4-6-23-7-5-22)13(11)17-9-10(8-16)14-18-20-21-19-14/h1-3,9,17H,4-7H2,(H,18,19,20,21). The molecule has 9 heteroatoms. The van der Waals surface area contributed by atoms with Crippen molar-refractivity contribution in [3.05, 3.63) is 36.0 Å². The van der Waals surface area contributed by atoms with Crippen molar-refractivity contribution in [3.8, 4) is 6.07 Å². The first kappa shape index (κ1) is 14.9. The zero-order valence-corrected chi connectivity index (χ0v) is 12.2. The first-order valence-electron chi connectivity index (χ1n) is 7.01. The Labute approximate surface area is 131 Å². The number of tetrazole rings is 1. The van der Waals surface area contributed by atoms with E-state index in [1.165, 1.54) is 12.3 Å². The van der Waals surface area contributed by atoms with Gasteiger partial charge in [-0.2, -0.15) is 10.5 Å². The zero-order chi connectivity index (χ0) is 16.1. The molecule has 2 heterocycles. The number of aromatic amines is 1. The number of hydrogen-bond acceptors (Lipinski definition) is 7. The minimum absolute atomic E-state index is 0.143. The summed E-state index contributed by atoms with van der Waals surface area (Å²) in [7, 11) is 0. The summed E-state index contributed by atoms with van der Waals surface area (Å²) in [5, 5.41) is 25.2. The molecule has 0 amide bonds. The van der Waals surface area contributed by atoms with Crippen LogP contribution >= 0.6 is 0 Å². The largest absolute Gasteiger partial charge is 0.378 e. The molecule has 1 fully saturated rings. The second kappa shape index (κ2) is 6.85. The van der Waals surface area contributed by atoms with Gasteiger partial charge in [0.2, 0.25) is 5.82 Å². The minimum Gasteiger partial charge on any atom is -0.378 e. The van der Waals surface area contributed by atoms with E-state index in [0.717, 1.165) is 5.69 Å². The molecule has 1 aromatic heterocycles. The third-order valence-corrected chi connectivity index (χ3v) is 3.41. The van der Waals surface area contributed by atoms with Crippen LogP contribution in [0.4, 0.5) is 15.8 Å². The van der Waals surface area contributed by atoms with Crippen LogP contribution < -0.4 is 10.2 Å². The van der Waals surface area contributed by atoms with Gasteiger partial charge in [-0.05, 0) is 17.3 Å². The number of para-hydroxylation sites is 1. The van der Waals surface area contributed by atoms with E-state index >= 15 is 0 Å². The number of nitrogens with one attached hydrogen (secondary N) is 2. The number of hydrogen-bond donors (Lipinski definition) is 2. The number of ether oxygens (including phenoxy) is 1. The molecule has 0 radical (unpaired) electrons. The summed E-state index contributed by atoms with van der Waals surface area (Å²) in [5.41, 5.74) is 1.16. The van der Waals surface area contributed by atoms with Crippen LogP contribution in [-0.4, -0.2) is 46.9 Å². The lowest BCUT2D eigenvalue weighted by atomic mass is 10.2. The molecule has 2 N–H and O–H groups in total. The van der Waals surface area contributed by atoms with Gasteiger partial charge in [-0.3, -0.25) is 0 Å². The Morgan fingerprint density at radius 2 is 2.26 bits per heavy atom. The molecule has 3 rings (SSSR count). The fourth-order valence-electron chi connectivity index (χ4n) is 2.29. The van der Waals surface area contributed by atoms with Crippen molar-refractivity contribution in [1.29, 1.82) is 5.26 Å². The Morgan fingerprint density at radius 3 is 2.96 bits per heavy atom. The van der Waals surface area contributed by atoms with Gasteiger partial charge in [-0.1, -0.05) is 6.07 Å². The van der Waals surface area contributed by atoms with Crippen LogP contribution in [0.1, 0.15) is 5.82 Å². The van der Waals surface area contributed by atoms with E-state index < -0.39 is 5.82 Å². The van der Waals surface area contributed by atoms with E-state index in [2.05, 4.69) is 25.9 Å². The summed E-state index contributed by atoms with van der Waals surface area (Å²) >= 11 is 0. The number of benzene rings is 1. The predicted octanol–water partition coefficient (Wildman–Crippen LogP) is 1.15. The highest BCUT2D eigenvalue weighted by Crippen LogP contribution is 2.29. The van der Waals surface area contributed by atoms with E-state index in [1.807, 2.05) is 17.0 Å². The average molecular weight is 315 g/mol. The molecule has 23 heavy (non-hydrogen) atoms. The summed E-state index contributed by atoms with van der Waals surface area (Å²) in [5.74, 6) is -0.264. The lowest BCUT2D eigenvalue weighted by molar-refractivity contribution is 0.122. The lowest BCUT2D eigenvalue weighted by Gasteiger charge is -2.30. The lowest BCUT2D eigenvalue weighted by Crippen LogP contribution is -2.36. The van der Waals surface area contributed by atoms with Crippen LogP contribution in [0.2, 0.25) is 0 Å². The summed E-state index contributed by atoms with van der Waals surface area (Å²) in [6.45, 7) is 2.55. The van der Waals surface area contributed by atoms with Crippen LogP contribution in [0, 0.1) is 17.1 Å². The van der Waals surface area contributed by atoms with Gasteiger partial charge >= 0.3 is 0 Å². The zero-order valence-electron chi connectivity index (χ0n) is 12.2. The number of rotatable bonds is 4. The van der Waals surface area contributed by atoms with Gasteiger partial charge in [0, 0.05) is 19.3 Å². The van der Waals surface area contributed by atoms with Crippen molar-refractivity contribution in [3.63, 3.8) is 0 Å². The fraction of sp³-hybridized carbons (Fsp3) is 0.286. The number of aromatic nitrogens is 4. The number of halogens is 1. The van der Waals surface area contributed by atoms with Gasteiger partial charge in [0.15, 0.2) is 0 Å². The molecule has 1 aliphatic heterocycles. The monoisotopic (exact) mass is 315 g/mol. The van der Waals surface area contributed by atoms with Gasteiger partial charge in [-0.25, -0.2) is 4.39 Å². The van der Waals surface area contributed by atoms with Crippen LogP contribution in [-0.2, 0) is 4.74 Å². The molecule has 1 aliphatic rings. The molecule has 0 atom stereocenters. The second-order valence-corrected chi connectivity index (χ2v) is 4.78. The first-order valence-corrected chi connectivity index (χ1v) is 7.01. The molecule has 1 saturated heterocycles. The molecule has 0 saturated carbocycles. The molecule has 0 bridgehead atoms. The average Bonchev–Trinajstić information content (AvgIpc) is 3.12. The summed E-state index contributed by atoms with van der Waals surface area (Å²) in [4.78, 5) is 2.03. The van der Waals surface area contributed by atoms with Crippen molar-refractivity contribution in [2.45, 2.75) is 0 Å².